The second-order valence-electron chi connectivity index (χ2n) is 5.71. The molecule has 1 unspecified atom stereocenters. The molecule has 1 saturated heterocycles. The van der Waals surface area contributed by atoms with E-state index in [1.165, 1.54) is 29.1 Å². The molecule has 0 bridgehead atoms. The molecule has 0 radical (unpaired) electrons. The van der Waals surface area contributed by atoms with Gasteiger partial charge in [-0.05, 0) is 29.9 Å². The van der Waals surface area contributed by atoms with Crippen LogP contribution in [0.4, 0.5) is 0 Å². The van der Waals surface area contributed by atoms with Crippen molar-refractivity contribution < 1.29 is 4.74 Å². The van der Waals surface area contributed by atoms with Crippen molar-refractivity contribution in [3.8, 4) is 0 Å². The number of hydrogen-bond acceptors (Lipinski definition) is 3. The fraction of sp³-hybridized carbons (Fsp3) is 0.600. The van der Waals surface area contributed by atoms with Crippen LogP contribution in [-0.2, 0) is 4.74 Å². The Morgan fingerprint density at radius 3 is 2.94 bits per heavy atom. The van der Waals surface area contributed by atoms with Gasteiger partial charge in [-0.2, -0.15) is 0 Å². The summed E-state index contributed by atoms with van der Waals surface area (Å²) in [4.78, 5) is 1.45. The maximum atomic E-state index is 5.46. The third kappa shape index (κ3) is 2.58. The fourth-order valence-electron chi connectivity index (χ4n) is 2.74. The molecule has 0 aromatic heterocycles. The molecular formula is C15H21NOS. The Bertz CT molecular complexity index is 415. The van der Waals surface area contributed by atoms with Crippen LogP contribution in [0.25, 0.3) is 0 Å². The van der Waals surface area contributed by atoms with Gasteiger partial charge in [-0.1, -0.05) is 25.1 Å². The van der Waals surface area contributed by atoms with Crippen LogP contribution in [0.1, 0.15) is 31.4 Å². The molecule has 2 nitrogen and oxygen atoms in total. The molecule has 1 aromatic rings. The summed E-state index contributed by atoms with van der Waals surface area (Å²) in [6.07, 6.45) is 2.36. The van der Waals surface area contributed by atoms with Gasteiger partial charge in [-0.25, -0.2) is 0 Å². The lowest BCUT2D eigenvalue weighted by atomic mass is 9.82. The van der Waals surface area contributed by atoms with Crippen LogP contribution in [0.3, 0.4) is 0 Å². The molecule has 0 aliphatic carbocycles. The lowest BCUT2D eigenvalue weighted by Gasteiger charge is -2.34. The van der Waals surface area contributed by atoms with Crippen LogP contribution in [0.15, 0.2) is 29.2 Å². The lowest BCUT2D eigenvalue weighted by Crippen LogP contribution is -2.38. The van der Waals surface area contributed by atoms with E-state index in [2.05, 4.69) is 36.5 Å². The summed E-state index contributed by atoms with van der Waals surface area (Å²) in [5.41, 5.74) is 1.90. The molecule has 2 aliphatic heterocycles. The fourth-order valence-corrected chi connectivity index (χ4v) is 3.94. The van der Waals surface area contributed by atoms with Gasteiger partial charge in [0.15, 0.2) is 0 Å². The number of nitrogens with one attached hydrogen (secondary N) is 1. The molecule has 1 N–H and O–H groups in total. The monoisotopic (exact) mass is 263 g/mol. The van der Waals surface area contributed by atoms with Crippen LogP contribution in [0.2, 0.25) is 0 Å². The predicted octanol–water partition coefficient (Wildman–Crippen LogP) is 3.24. The zero-order valence-corrected chi connectivity index (χ0v) is 11.8. The van der Waals surface area contributed by atoms with Gasteiger partial charge in [-0.3, -0.25) is 0 Å². The van der Waals surface area contributed by atoms with Crippen LogP contribution in [0.5, 0.6) is 0 Å². The van der Waals surface area contributed by atoms with Crippen LogP contribution < -0.4 is 5.32 Å². The van der Waals surface area contributed by atoms with Crippen molar-refractivity contribution >= 4 is 11.8 Å². The zero-order valence-electron chi connectivity index (χ0n) is 10.9. The number of thioether (sulfide) groups is 1. The van der Waals surface area contributed by atoms with Gasteiger partial charge in [0, 0.05) is 36.4 Å². The first kappa shape index (κ1) is 12.5. The molecule has 0 saturated carbocycles. The van der Waals surface area contributed by atoms with E-state index in [0.29, 0.717) is 11.5 Å². The first-order valence-electron chi connectivity index (χ1n) is 6.80. The Morgan fingerprint density at radius 2 is 2.11 bits per heavy atom. The summed E-state index contributed by atoms with van der Waals surface area (Å²) >= 11 is 1.97. The average Bonchev–Trinajstić information content (AvgIpc) is 2.81. The zero-order chi connectivity index (χ0) is 12.4. The van der Waals surface area contributed by atoms with E-state index >= 15 is 0 Å². The van der Waals surface area contributed by atoms with Crippen molar-refractivity contribution in [3.63, 3.8) is 0 Å². The Labute approximate surface area is 113 Å². The topological polar surface area (TPSA) is 21.3 Å². The summed E-state index contributed by atoms with van der Waals surface area (Å²) in [5.74, 6) is 1.17. The first-order valence-corrected chi connectivity index (χ1v) is 7.78. The summed E-state index contributed by atoms with van der Waals surface area (Å²) in [6.45, 7) is 5.34. The van der Waals surface area contributed by atoms with E-state index in [9.17, 15) is 0 Å². The highest BCUT2D eigenvalue weighted by Gasteiger charge is 2.30. The van der Waals surface area contributed by atoms with Crippen LogP contribution in [0, 0.1) is 5.41 Å². The van der Waals surface area contributed by atoms with Gasteiger partial charge >= 0.3 is 0 Å². The largest absolute Gasteiger partial charge is 0.381 e. The molecule has 1 atom stereocenters. The number of rotatable bonds is 3. The standard InChI is InChI=1S/C15H21NOS/c1-15(6-8-17-9-7-15)11-16-13-10-18-14-5-3-2-4-12(13)14/h2-5,13,16H,6-11H2,1H3. The second kappa shape index (κ2) is 5.24. The third-order valence-electron chi connectivity index (χ3n) is 4.18. The minimum atomic E-state index is 0.417. The number of ether oxygens (including phenoxy) is 1. The summed E-state index contributed by atoms with van der Waals surface area (Å²) in [5, 5.41) is 3.77. The summed E-state index contributed by atoms with van der Waals surface area (Å²) in [7, 11) is 0. The van der Waals surface area contributed by atoms with Crippen molar-refractivity contribution in [1.82, 2.24) is 5.32 Å². The minimum absolute atomic E-state index is 0.417. The Kier molecular flexibility index (Phi) is 3.64. The van der Waals surface area contributed by atoms with Gasteiger partial charge in [0.2, 0.25) is 0 Å². The molecule has 1 aromatic carbocycles. The molecule has 18 heavy (non-hydrogen) atoms. The predicted molar refractivity (Wildman–Crippen MR) is 76.1 cm³/mol. The molecule has 1 fully saturated rings. The van der Waals surface area contributed by atoms with Gasteiger partial charge in [0.25, 0.3) is 0 Å². The quantitative estimate of drug-likeness (QED) is 0.904. The SMILES string of the molecule is CC1(CNC2CSc3ccccc32)CCOCC1. The highest BCUT2D eigenvalue weighted by molar-refractivity contribution is 7.99. The maximum Gasteiger partial charge on any atom is 0.0471 e. The average molecular weight is 263 g/mol. The molecule has 3 heteroatoms. The Morgan fingerprint density at radius 1 is 1.33 bits per heavy atom. The van der Waals surface area contributed by atoms with Crippen molar-refractivity contribution in [2.45, 2.75) is 30.7 Å². The smallest absolute Gasteiger partial charge is 0.0471 e. The number of benzene rings is 1. The van der Waals surface area contributed by atoms with E-state index in [0.717, 1.165) is 19.8 Å². The molecule has 3 rings (SSSR count). The summed E-state index contributed by atoms with van der Waals surface area (Å²) in [6, 6.07) is 9.31. The van der Waals surface area contributed by atoms with Crippen LogP contribution >= 0.6 is 11.8 Å². The van der Waals surface area contributed by atoms with E-state index in [1.54, 1.807) is 0 Å². The van der Waals surface area contributed by atoms with E-state index in [1.807, 2.05) is 11.8 Å². The van der Waals surface area contributed by atoms with Gasteiger partial charge < -0.3 is 10.1 Å². The number of fused-ring (bicyclic) bond motifs is 1. The molecule has 98 valence electrons. The molecule has 0 spiro atoms. The molecular weight excluding hydrogens is 242 g/mol. The van der Waals surface area contributed by atoms with E-state index in [-0.39, 0.29) is 0 Å². The first-order chi connectivity index (χ1) is 8.77. The van der Waals surface area contributed by atoms with E-state index < -0.39 is 0 Å². The van der Waals surface area contributed by atoms with Gasteiger partial charge in [0.1, 0.15) is 0 Å². The maximum absolute atomic E-state index is 5.46. The van der Waals surface area contributed by atoms with Crippen molar-refractivity contribution in [2.24, 2.45) is 5.41 Å². The summed E-state index contributed by atoms with van der Waals surface area (Å²) < 4.78 is 5.46. The normalized spacial score (nSPS) is 25.9. The van der Waals surface area contributed by atoms with Crippen molar-refractivity contribution in [3.05, 3.63) is 29.8 Å². The number of hydrogen-bond donors (Lipinski definition) is 1. The van der Waals surface area contributed by atoms with Crippen LogP contribution in [-0.4, -0.2) is 25.5 Å². The van der Waals surface area contributed by atoms with Crippen molar-refractivity contribution in [1.29, 1.82) is 0 Å². The third-order valence-corrected chi connectivity index (χ3v) is 5.36. The molecule has 2 heterocycles. The second-order valence-corrected chi connectivity index (χ2v) is 6.77. The van der Waals surface area contributed by atoms with Gasteiger partial charge in [0.05, 0.1) is 0 Å². The Balaban J connectivity index is 1.61. The van der Waals surface area contributed by atoms with Crippen molar-refractivity contribution in [2.75, 3.05) is 25.5 Å². The van der Waals surface area contributed by atoms with Gasteiger partial charge in [-0.15, -0.1) is 11.8 Å². The lowest BCUT2D eigenvalue weighted by molar-refractivity contribution is 0.0231. The highest BCUT2D eigenvalue weighted by Crippen LogP contribution is 2.38. The highest BCUT2D eigenvalue weighted by atomic mass is 32.2. The van der Waals surface area contributed by atoms with E-state index in [4.69, 9.17) is 4.74 Å². The minimum Gasteiger partial charge on any atom is -0.381 e. The molecule has 0 amide bonds. The Hall–Kier alpha value is -0.510. The molecule has 2 aliphatic rings.